The summed E-state index contributed by atoms with van der Waals surface area (Å²) >= 11 is 1.80. The second-order valence-electron chi connectivity index (χ2n) is 5.72. The molecular formula is C12H23ClN2OS. The van der Waals surface area contributed by atoms with E-state index in [9.17, 15) is 4.79 Å². The number of halogens is 1. The van der Waals surface area contributed by atoms with E-state index in [0.717, 1.165) is 24.5 Å². The Morgan fingerprint density at radius 2 is 2.00 bits per heavy atom. The lowest BCUT2D eigenvalue weighted by molar-refractivity contribution is -0.123. The molecule has 1 atom stereocenters. The molecule has 1 saturated heterocycles. The van der Waals surface area contributed by atoms with Gasteiger partial charge >= 0.3 is 0 Å². The van der Waals surface area contributed by atoms with Crippen molar-refractivity contribution in [2.75, 3.05) is 11.6 Å². The zero-order chi connectivity index (χ0) is 11.6. The van der Waals surface area contributed by atoms with Crippen LogP contribution in [-0.4, -0.2) is 29.6 Å². The molecule has 1 heterocycles. The number of hydrogen-bond donors (Lipinski definition) is 2. The van der Waals surface area contributed by atoms with Gasteiger partial charge in [-0.25, -0.2) is 0 Å². The van der Waals surface area contributed by atoms with Gasteiger partial charge in [-0.3, -0.25) is 10.1 Å². The zero-order valence-corrected chi connectivity index (χ0v) is 12.3. The molecule has 3 nitrogen and oxygen atoms in total. The number of carbonyl (C=O) groups excluding carboxylic acids is 1. The van der Waals surface area contributed by atoms with Crippen LogP contribution in [0, 0.1) is 5.41 Å². The quantitative estimate of drug-likeness (QED) is 0.813. The van der Waals surface area contributed by atoms with Crippen LogP contribution < -0.4 is 10.6 Å². The van der Waals surface area contributed by atoms with Gasteiger partial charge in [0.15, 0.2) is 0 Å². The number of thioether (sulfide) groups is 1. The van der Waals surface area contributed by atoms with Crippen LogP contribution in [0.15, 0.2) is 0 Å². The van der Waals surface area contributed by atoms with Gasteiger partial charge < -0.3 is 5.32 Å². The van der Waals surface area contributed by atoms with Crippen LogP contribution >= 0.6 is 24.2 Å². The summed E-state index contributed by atoms with van der Waals surface area (Å²) in [7, 11) is 0. The molecule has 1 aliphatic heterocycles. The molecule has 0 bridgehead atoms. The lowest BCUT2D eigenvalue weighted by atomic mass is 9.75. The topological polar surface area (TPSA) is 41.1 Å². The summed E-state index contributed by atoms with van der Waals surface area (Å²) in [6, 6.07) is 0.452. The van der Waals surface area contributed by atoms with Gasteiger partial charge in [-0.05, 0) is 31.1 Å². The van der Waals surface area contributed by atoms with Gasteiger partial charge in [-0.1, -0.05) is 13.8 Å². The third-order valence-electron chi connectivity index (χ3n) is 3.72. The van der Waals surface area contributed by atoms with Crippen LogP contribution in [0.5, 0.6) is 0 Å². The van der Waals surface area contributed by atoms with Crippen molar-refractivity contribution in [2.24, 2.45) is 5.41 Å². The minimum Gasteiger partial charge on any atom is -0.352 e. The Morgan fingerprint density at radius 1 is 1.35 bits per heavy atom. The fraction of sp³-hybridized carbons (Fsp3) is 0.917. The lowest BCUT2D eigenvalue weighted by Gasteiger charge is -2.35. The van der Waals surface area contributed by atoms with E-state index in [1.807, 2.05) is 0 Å². The summed E-state index contributed by atoms with van der Waals surface area (Å²) in [5, 5.41) is 6.40. The highest BCUT2D eigenvalue weighted by atomic mass is 35.5. The molecule has 2 rings (SSSR count). The number of carbonyl (C=O) groups is 1. The SMILES string of the molecule is CC1(C)CCC(NC(=O)C2CSCN2)CC1.Cl. The molecule has 0 aromatic heterocycles. The molecule has 0 spiro atoms. The molecule has 100 valence electrons. The van der Waals surface area contributed by atoms with Crippen molar-refractivity contribution >= 4 is 30.1 Å². The lowest BCUT2D eigenvalue weighted by Crippen LogP contribution is -2.47. The van der Waals surface area contributed by atoms with E-state index in [-0.39, 0.29) is 24.4 Å². The first kappa shape index (κ1) is 15.1. The normalized spacial score (nSPS) is 28.5. The van der Waals surface area contributed by atoms with Crippen molar-refractivity contribution in [3.05, 3.63) is 0 Å². The van der Waals surface area contributed by atoms with E-state index in [0.29, 0.717) is 11.5 Å². The van der Waals surface area contributed by atoms with Crippen molar-refractivity contribution in [3.63, 3.8) is 0 Å². The summed E-state index contributed by atoms with van der Waals surface area (Å²) in [5.74, 6) is 2.04. The highest BCUT2D eigenvalue weighted by Gasteiger charge is 2.30. The van der Waals surface area contributed by atoms with Crippen LogP contribution in [0.3, 0.4) is 0 Å². The third-order valence-corrected chi connectivity index (χ3v) is 4.66. The second kappa shape index (κ2) is 6.30. The number of amides is 1. The monoisotopic (exact) mass is 278 g/mol. The molecule has 0 aromatic rings. The largest absolute Gasteiger partial charge is 0.352 e. The van der Waals surface area contributed by atoms with Crippen LogP contribution in [0.2, 0.25) is 0 Å². The van der Waals surface area contributed by atoms with Gasteiger partial charge in [0.1, 0.15) is 0 Å². The van der Waals surface area contributed by atoms with E-state index >= 15 is 0 Å². The fourth-order valence-electron chi connectivity index (χ4n) is 2.41. The zero-order valence-electron chi connectivity index (χ0n) is 10.6. The van der Waals surface area contributed by atoms with E-state index < -0.39 is 0 Å². The minimum atomic E-state index is 0. The molecular weight excluding hydrogens is 256 g/mol. The molecule has 2 fully saturated rings. The van der Waals surface area contributed by atoms with Gasteiger partial charge in [-0.15, -0.1) is 24.2 Å². The van der Waals surface area contributed by atoms with Gasteiger partial charge in [0.05, 0.1) is 6.04 Å². The first-order valence-corrected chi connectivity index (χ1v) is 7.34. The van der Waals surface area contributed by atoms with Crippen LogP contribution in [0.25, 0.3) is 0 Å². The minimum absolute atomic E-state index is 0. The maximum absolute atomic E-state index is 11.9. The smallest absolute Gasteiger partial charge is 0.238 e. The first-order chi connectivity index (χ1) is 7.57. The maximum atomic E-state index is 11.9. The van der Waals surface area contributed by atoms with E-state index in [1.54, 1.807) is 11.8 Å². The van der Waals surface area contributed by atoms with Crippen molar-refractivity contribution < 1.29 is 4.79 Å². The summed E-state index contributed by atoms with van der Waals surface area (Å²) in [6.07, 6.45) is 4.73. The van der Waals surface area contributed by atoms with Gasteiger partial charge in [0.25, 0.3) is 0 Å². The molecule has 1 unspecified atom stereocenters. The Bertz CT molecular complexity index is 257. The Balaban J connectivity index is 0.00000144. The Labute approximate surface area is 114 Å². The second-order valence-corrected chi connectivity index (χ2v) is 6.75. The van der Waals surface area contributed by atoms with Gasteiger partial charge in [-0.2, -0.15) is 0 Å². The molecule has 2 aliphatic rings. The van der Waals surface area contributed by atoms with E-state index in [2.05, 4.69) is 24.5 Å². The molecule has 0 aromatic carbocycles. The molecule has 1 amide bonds. The number of hydrogen-bond acceptors (Lipinski definition) is 3. The van der Waals surface area contributed by atoms with Crippen molar-refractivity contribution in [2.45, 2.75) is 51.6 Å². The Morgan fingerprint density at radius 3 is 2.53 bits per heavy atom. The summed E-state index contributed by atoms with van der Waals surface area (Å²) in [4.78, 5) is 11.9. The molecule has 1 saturated carbocycles. The fourth-order valence-corrected chi connectivity index (χ4v) is 3.35. The van der Waals surface area contributed by atoms with E-state index in [4.69, 9.17) is 0 Å². The number of rotatable bonds is 2. The molecule has 17 heavy (non-hydrogen) atoms. The number of nitrogens with one attached hydrogen (secondary N) is 2. The highest BCUT2D eigenvalue weighted by Crippen LogP contribution is 2.35. The third kappa shape index (κ3) is 4.34. The molecule has 0 radical (unpaired) electrons. The Kier molecular flexibility index (Phi) is 5.61. The molecule has 5 heteroatoms. The van der Waals surface area contributed by atoms with Gasteiger partial charge in [0.2, 0.25) is 5.91 Å². The predicted octanol–water partition coefficient (Wildman–Crippen LogP) is 2.16. The summed E-state index contributed by atoms with van der Waals surface area (Å²) < 4.78 is 0. The van der Waals surface area contributed by atoms with Crippen molar-refractivity contribution in [1.82, 2.24) is 10.6 Å². The Hall–Kier alpha value is 0.0700. The van der Waals surface area contributed by atoms with Crippen molar-refractivity contribution in [3.8, 4) is 0 Å². The highest BCUT2D eigenvalue weighted by molar-refractivity contribution is 7.99. The van der Waals surface area contributed by atoms with Crippen LogP contribution in [0.4, 0.5) is 0 Å². The summed E-state index contributed by atoms with van der Waals surface area (Å²) in [6.45, 7) is 4.64. The standard InChI is InChI=1S/C12H22N2OS.ClH/c1-12(2)5-3-9(4-6-12)14-11(15)10-7-16-8-13-10;/h9-10,13H,3-8H2,1-2H3,(H,14,15);1H. The molecule has 1 aliphatic carbocycles. The van der Waals surface area contributed by atoms with Gasteiger partial charge in [0, 0.05) is 17.7 Å². The molecule has 2 N–H and O–H groups in total. The van der Waals surface area contributed by atoms with Crippen LogP contribution in [-0.2, 0) is 4.79 Å². The predicted molar refractivity (Wildman–Crippen MR) is 75.7 cm³/mol. The van der Waals surface area contributed by atoms with E-state index in [1.165, 1.54) is 12.8 Å². The average molecular weight is 279 g/mol. The average Bonchev–Trinajstić information content (AvgIpc) is 2.74. The first-order valence-electron chi connectivity index (χ1n) is 6.18. The van der Waals surface area contributed by atoms with Crippen molar-refractivity contribution in [1.29, 1.82) is 0 Å². The van der Waals surface area contributed by atoms with Crippen LogP contribution in [0.1, 0.15) is 39.5 Å². The summed E-state index contributed by atoms with van der Waals surface area (Å²) in [5.41, 5.74) is 0.475. The maximum Gasteiger partial charge on any atom is 0.238 e.